The Hall–Kier alpha value is -1.46. The van der Waals surface area contributed by atoms with E-state index in [4.69, 9.17) is 4.74 Å². The number of methoxy groups -OCH3 is 1. The molecule has 2 aromatic rings. The third-order valence-electron chi connectivity index (χ3n) is 3.23. The number of thioether (sulfide) groups is 1. The van der Waals surface area contributed by atoms with Gasteiger partial charge in [0.2, 0.25) is 0 Å². The van der Waals surface area contributed by atoms with Gasteiger partial charge in [-0.15, -0.1) is 0 Å². The summed E-state index contributed by atoms with van der Waals surface area (Å²) in [5, 5.41) is 4.45. The van der Waals surface area contributed by atoms with Crippen molar-refractivity contribution in [3.63, 3.8) is 0 Å². The third-order valence-corrected chi connectivity index (χ3v) is 4.34. The minimum Gasteiger partial charge on any atom is -0.496 e. The van der Waals surface area contributed by atoms with Gasteiger partial charge in [-0.05, 0) is 30.7 Å². The van der Waals surface area contributed by atoms with Crippen LogP contribution >= 0.6 is 11.8 Å². The molecule has 1 aromatic heterocycles. The summed E-state index contributed by atoms with van der Waals surface area (Å²) in [6.07, 6.45) is 4.94. The quantitative estimate of drug-likeness (QED) is 0.600. The van der Waals surface area contributed by atoms with E-state index in [1.807, 2.05) is 24.0 Å². The van der Waals surface area contributed by atoms with Crippen LogP contribution in [0.3, 0.4) is 0 Å². The number of hydrogen-bond donors (Lipinski definition) is 1. The molecule has 1 heterocycles. The standard InChI is InChI=1S/C16H23N3OS/c1-4-7-17-11-13-5-6-15(20-3)14(10-13)12-21-16-18-8-9-19(16)2/h5-6,8-10,17H,4,7,11-12H2,1-3H3. The zero-order chi connectivity index (χ0) is 15.1. The lowest BCUT2D eigenvalue weighted by Gasteiger charge is -2.11. The Balaban J connectivity index is 2.05. The van der Waals surface area contributed by atoms with Gasteiger partial charge in [-0.3, -0.25) is 0 Å². The Morgan fingerprint density at radius 2 is 2.24 bits per heavy atom. The Labute approximate surface area is 130 Å². The molecule has 2 rings (SSSR count). The molecule has 21 heavy (non-hydrogen) atoms. The van der Waals surface area contributed by atoms with Crippen LogP contribution in [0.1, 0.15) is 24.5 Å². The van der Waals surface area contributed by atoms with Crippen molar-refractivity contribution in [2.24, 2.45) is 7.05 Å². The van der Waals surface area contributed by atoms with Crippen LogP contribution in [0.2, 0.25) is 0 Å². The summed E-state index contributed by atoms with van der Waals surface area (Å²) in [4.78, 5) is 4.34. The molecule has 0 aliphatic carbocycles. The maximum atomic E-state index is 5.47. The number of nitrogens with one attached hydrogen (secondary N) is 1. The summed E-state index contributed by atoms with van der Waals surface area (Å²) in [5.41, 5.74) is 2.50. The molecule has 0 amide bonds. The monoisotopic (exact) mass is 305 g/mol. The maximum Gasteiger partial charge on any atom is 0.167 e. The Bertz CT molecular complexity index is 568. The van der Waals surface area contributed by atoms with Crippen LogP contribution < -0.4 is 10.1 Å². The highest BCUT2D eigenvalue weighted by Gasteiger charge is 2.07. The Morgan fingerprint density at radius 3 is 2.90 bits per heavy atom. The highest BCUT2D eigenvalue weighted by Crippen LogP contribution is 2.27. The van der Waals surface area contributed by atoms with Crippen LogP contribution in [0.4, 0.5) is 0 Å². The molecule has 0 spiro atoms. The van der Waals surface area contributed by atoms with Crippen molar-refractivity contribution in [2.45, 2.75) is 30.8 Å². The summed E-state index contributed by atoms with van der Waals surface area (Å²) in [6, 6.07) is 6.39. The van der Waals surface area contributed by atoms with E-state index in [0.717, 1.165) is 36.2 Å². The van der Waals surface area contributed by atoms with Gasteiger partial charge in [0, 0.05) is 37.3 Å². The molecule has 0 atom stereocenters. The third kappa shape index (κ3) is 4.51. The first-order valence-corrected chi connectivity index (χ1v) is 8.19. The van der Waals surface area contributed by atoms with Crippen molar-refractivity contribution in [3.8, 4) is 5.75 Å². The van der Waals surface area contributed by atoms with E-state index in [-0.39, 0.29) is 0 Å². The van der Waals surface area contributed by atoms with Crippen LogP contribution in [0.5, 0.6) is 5.75 Å². The number of rotatable bonds is 8. The SMILES string of the molecule is CCCNCc1ccc(OC)c(CSc2nccn2C)c1. The van der Waals surface area contributed by atoms with Crippen molar-refractivity contribution in [1.82, 2.24) is 14.9 Å². The fourth-order valence-corrected chi connectivity index (χ4v) is 3.01. The van der Waals surface area contributed by atoms with Gasteiger partial charge in [0.25, 0.3) is 0 Å². The lowest BCUT2D eigenvalue weighted by Crippen LogP contribution is -2.13. The minimum atomic E-state index is 0.857. The number of aryl methyl sites for hydroxylation is 1. The molecular formula is C16H23N3OS. The van der Waals surface area contributed by atoms with Gasteiger partial charge in [0.1, 0.15) is 5.75 Å². The van der Waals surface area contributed by atoms with E-state index in [2.05, 4.69) is 35.4 Å². The van der Waals surface area contributed by atoms with E-state index in [1.165, 1.54) is 11.1 Å². The second-order valence-corrected chi connectivity index (χ2v) is 5.87. The van der Waals surface area contributed by atoms with Crippen molar-refractivity contribution in [1.29, 1.82) is 0 Å². The molecule has 1 aromatic carbocycles. The van der Waals surface area contributed by atoms with Crippen LogP contribution in [0.25, 0.3) is 0 Å². The molecule has 0 unspecified atom stereocenters. The lowest BCUT2D eigenvalue weighted by molar-refractivity contribution is 0.411. The fraction of sp³-hybridized carbons (Fsp3) is 0.438. The first kappa shape index (κ1) is 15.9. The van der Waals surface area contributed by atoms with Gasteiger partial charge in [0.15, 0.2) is 5.16 Å². The van der Waals surface area contributed by atoms with E-state index >= 15 is 0 Å². The van der Waals surface area contributed by atoms with E-state index in [0.29, 0.717) is 0 Å². The molecular weight excluding hydrogens is 282 g/mol. The van der Waals surface area contributed by atoms with Crippen LogP contribution in [-0.4, -0.2) is 23.2 Å². The number of imidazole rings is 1. The van der Waals surface area contributed by atoms with E-state index in [9.17, 15) is 0 Å². The molecule has 4 nitrogen and oxygen atoms in total. The molecule has 0 aliphatic heterocycles. The minimum absolute atomic E-state index is 0.857. The molecule has 5 heteroatoms. The molecule has 114 valence electrons. The van der Waals surface area contributed by atoms with Crippen LogP contribution in [0, 0.1) is 0 Å². The van der Waals surface area contributed by atoms with Gasteiger partial charge >= 0.3 is 0 Å². The molecule has 0 saturated heterocycles. The molecule has 1 N–H and O–H groups in total. The first-order valence-electron chi connectivity index (χ1n) is 7.21. The van der Waals surface area contributed by atoms with Gasteiger partial charge in [-0.1, -0.05) is 24.8 Å². The maximum absolute atomic E-state index is 5.47. The molecule has 0 aliphatic rings. The predicted molar refractivity (Wildman–Crippen MR) is 87.8 cm³/mol. The van der Waals surface area contributed by atoms with Gasteiger partial charge in [0.05, 0.1) is 7.11 Å². The first-order chi connectivity index (χ1) is 10.2. The highest BCUT2D eigenvalue weighted by atomic mass is 32.2. The second kappa shape index (κ2) is 8.10. The summed E-state index contributed by atoms with van der Waals surface area (Å²) in [6.45, 7) is 4.12. The largest absolute Gasteiger partial charge is 0.496 e. The molecule has 0 bridgehead atoms. The predicted octanol–water partition coefficient (Wildman–Crippen LogP) is 3.22. The Morgan fingerprint density at radius 1 is 1.38 bits per heavy atom. The lowest BCUT2D eigenvalue weighted by atomic mass is 10.1. The highest BCUT2D eigenvalue weighted by molar-refractivity contribution is 7.98. The molecule has 0 saturated carbocycles. The number of aromatic nitrogens is 2. The number of hydrogen-bond acceptors (Lipinski definition) is 4. The number of benzene rings is 1. The van der Waals surface area contributed by atoms with Crippen molar-refractivity contribution < 1.29 is 4.74 Å². The van der Waals surface area contributed by atoms with Crippen LogP contribution in [-0.2, 0) is 19.3 Å². The smallest absolute Gasteiger partial charge is 0.167 e. The van der Waals surface area contributed by atoms with Crippen molar-refractivity contribution >= 4 is 11.8 Å². The second-order valence-electron chi connectivity index (χ2n) is 4.93. The van der Waals surface area contributed by atoms with Gasteiger partial charge in [-0.2, -0.15) is 0 Å². The average molecular weight is 305 g/mol. The van der Waals surface area contributed by atoms with Gasteiger partial charge < -0.3 is 14.6 Å². The fourth-order valence-electron chi connectivity index (χ4n) is 2.10. The zero-order valence-electron chi connectivity index (χ0n) is 12.9. The molecule has 0 radical (unpaired) electrons. The van der Waals surface area contributed by atoms with Crippen LogP contribution in [0.15, 0.2) is 35.7 Å². The summed E-state index contributed by atoms with van der Waals surface area (Å²) in [5.74, 6) is 1.80. The Kier molecular flexibility index (Phi) is 6.14. The summed E-state index contributed by atoms with van der Waals surface area (Å²) >= 11 is 1.72. The normalized spacial score (nSPS) is 10.8. The molecule has 0 fully saturated rings. The van der Waals surface area contributed by atoms with Crippen molar-refractivity contribution in [2.75, 3.05) is 13.7 Å². The topological polar surface area (TPSA) is 39.1 Å². The zero-order valence-corrected chi connectivity index (χ0v) is 13.7. The average Bonchev–Trinajstić information content (AvgIpc) is 2.91. The van der Waals surface area contributed by atoms with Gasteiger partial charge in [-0.25, -0.2) is 4.98 Å². The van der Waals surface area contributed by atoms with E-state index < -0.39 is 0 Å². The summed E-state index contributed by atoms with van der Waals surface area (Å²) in [7, 11) is 3.73. The number of nitrogens with zero attached hydrogens (tertiary/aromatic N) is 2. The van der Waals surface area contributed by atoms with E-state index in [1.54, 1.807) is 18.9 Å². The van der Waals surface area contributed by atoms with Crippen molar-refractivity contribution in [3.05, 3.63) is 41.7 Å². The summed E-state index contributed by atoms with van der Waals surface area (Å²) < 4.78 is 7.50. The number of ether oxygens (including phenoxy) is 1.